The molecule has 1 aromatic rings. The number of esters is 1. The Bertz CT molecular complexity index is 481. The first-order valence-corrected chi connectivity index (χ1v) is 4.70. The monoisotopic (exact) mass is 214 g/mol. The maximum Gasteiger partial charge on any atom is 0.337 e. The Morgan fingerprint density at radius 2 is 2.12 bits per heavy atom. The van der Waals surface area contributed by atoms with Crippen LogP contribution in [0.25, 0.3) is 0 Å². The standard InChI is InChI=1S/C12H10N2O2/c1-16-12(15)11-6-9(3-2-4-13)5-10(7-11)8-14/h5-7H,2-3H2,1H3. The normalized spacial score (nSPS) is 8.94. The van der Waals surface area contributed by atoms with Gasteiger partial charge in [0.1, 0.15) is 0 Å². The lowest BCUT2D eigenvalue weighted by atomic mass is 10.0. The quantitative estimate of drug-likeness (QED) is 0.719. The first-order chi connectivity index (χ1) is 7.71. The minimum atomic E-state index is -0.477. The third-order valence-corrected chi connectivity index (χ3v) is 2.07. The molecule has 0 aliphatic rings. The van der Waals surface area contributed by atoms with Gasteiger partial charge in [0.25, 0.3) is 0 Å². The van der Waals surface area contributed by atoms with Gasteiger partial charge in [0.2, 0.25) is 0 Å². The van der Waals surface area contributed by atoms with Crippen LogP contribution in [0.3, 0.4) is 0 Å². The molecule has 0 fully saturated rings. The van der Waals surface area contributed by atoms with Crippen LogP contribution in [-0.2, 0) is 11.2 Å². The van der Waals surface area contributed by atoms with E-state index in [1.54, 1.807) is 12.1 Å². The summed E-state index contributed by atoms with van der Waals surface area (Å²) in [7, 11) is 1.29. The molecule has 0 amide bonds. The molecule has 1 aromatic carbocycles. The van der Waals surface area contributed by atoms with E-state index in [1.807, 2.05) is 12.1 Å². The molecule has 4 heteroatoms. The highest BCUT2D eigenvalue weighted by Crippen LogP contribution is 2.12. The molecule has 0 aromatic heterocycles. The lowest BCUT2D eigenvalue weighted by Crippen LogP contribution is -2.02. The maximum atomic E-state index is 11.3. The zero-order chi connectivity index (χ0) is 12.0. The van der Waals surface area contributed by atoms with Gasteiger partial charge in [0.15, 0.2) is 0 Å². The Labute approximate surface area is 93.7 Å². The van der Waals surface area contributed by atoms with Gasteiger partial charge in [-0.2, -0.15) is 10.5 Å². The number of aryl methyl sites for hydroxylation is 1. The highest BCUT2D eigenvalue weighted by atomic mass is 16.5. The van der Waals surface area contributed by atoms with E-state index in [-0.39, 0.29) is 0 Å². The number of carbonyl (C=O) groups excluding carboxylic acids is 1. The summed E-state index contributed by atoms with van der Waals surface area (Å²) in [6.45, 7) is 0. The molecule has 0 atom stereocenters. The summed E-state index contributed by atoms with van der Waals surface area (Å²) < 4.78 is 4.58. The van der Waals surface area contributed by atoms with Crippen molar-refractivity contribution in [3.63, 3.8) is 0 Å². The molecule has 0 heterocycles. The minimum Gasteiger partial charge on any atom is -0.465 e. The molecule has 0 saturated carbocycles. The Hall–Kier alpha value is -2.33. The van der Waals surface area contributed by atoms with Crippen molar-refractivity contribution in [1.29, 1.82) is 10.5 Å². The van der Waals surface area contributed by atoms with E-state index >= 15 is 0 Å². The van der Waals surface area contributed by atoms with Crippen LogP contribution in [0.5, 0.6) is 0 Å². The van der Waals surface area contributed by atoms with Gasteiger partial charge < -0.3 is 4.74 Å². The third-order valence-electron chi connectivity index (χ3n) is 2.07. The van der Waals surface area contributed by atoms with Crippen molar-refractivity contribution in [1.82, 2.24) is 0 Å². The zero-order valence-corrected chi connectivity index (χ0v) is 8.86. The van der Waals surface area contributed by atoms with Gasteiger partial charge >= 0.3 is 5.97 Å². The Morgan fingerprint density at radius 1 is 1.38 bits per heavy atom. The van der Waals surface area contributed by atoms with Crippen LogP contribution in [0.2, 0.25) is 0 Å². The number of hydrogen-bond donors (Lipinski definition) is 0. The van der Waals surface area contributed by atoms with E-state index in [2.05, 4.69) is 4.74 Å². The first-order valence-electron chi connectivity index (χ1n) is 4.70. The smallest absolute Gasteiger partial charge is 0.337 e. The average Bonchev–Trinajstić information content (AvgIpc) is 2.34. The van der Waals surface area contributed by atoms with Gasteiger partial charge in [-0.1, -0.05) is 0 Å². The molecule has 80 valence electrons. The number of nitrogens with zero attached hydrogens (tertiary/aromatic N) is 2. The Balaban J connectivity index is 3.07. The third kappa shape index (κ3) is 2.83. The first kappa shape index (κ1) is 11.7. The fourth-order valence-electron chi connectivity index (χ4n) is 1.34. The maximum absolute atomic E-state index is 11.3. The Kier molecular flexibility index (Phi) is 4.06. The molecule has 16 heavy (non-hydrogen) atoms. The topological polar surface area (TPSA) is 73.9 Å². The highest BCUT2D eigenvalue weighted by molar-refractivity contribution is 5.90. The van der Waals surface area contributed by atoms with Crippen LogP contribution >= 0.6 is 0 Å². The summed E-state index contributed by atoms with van der Waals surface area (Å²) >= 11 is 0. The lowest BCUT2D eigenvalue weighted by Gasteiger charge is -2.03. The average molecular weight is 214 g/mol. The van der Waals surface area contributed by atoms with Gasteiger partial charge in [-0.25, -0.2) is 4.79 Å². The van der Waals surface area contributed by atoms with E-state index in [9.17, 15) is 4.79 Å². The molecule has 0 unspecified atom stereocenters. The summed E-state index contributed by atoms with van der Waals surface area (Å²) in [5.41, 5.74) is 1.53. The van der Waals surface area contributed by atoms with Crippen LogP contribution in [0.1, 0.15) is 27.9 Å². The summed E-state index contributed by atoms with van der Waals surface area (Å²) in [5, 5.41) is 17.3. The number of rotatable bonds is 3. The summed E-state index contributed by atoms with van der Waals surface area (Å²) in [5.74, 6) is -0.477. The van der Waals surface area contributed by atoms with Gasteiger partial charge in [0.05, 0.1) is 30.4 Å². The molecule has 0 bridgehead atoms. The number of ether oxygens (including phenoxy) is 1. The number of benzene rings is 1. The van der Waals surface area contributed by atoms with Crippen molar-refractivity contribution in [3.8, 4) is 12.1 Å². The van der Waals surface area contributed by atoms with Crippen LogP contribution in [0.4, 0.5) is 0 Å². The van der Waals surface area contributed by atoms with E-state index in [4.69, 9.17) is 10.5 Å². The summed E-state index contributed by atoms with van der Waals surface area (Å²) in [6.07, 6.45) is 0.880. The summed E-state index contributed by atoms with van der Waals surface area (Å²) in [6, 6.07) is 8.78. The van der Waals surface area contributed by atoms with E-state index < -0.39 is 5.97 Å². The SMILES string of the molecule is COC(=O)c1cc(C#N)cc(CCC#N)c1. The fraction of sp³-hybridized carbons (Fsp3) is 0.250. The Morgan fingerprint density at radius 3 is 2.69 bits per heavy atom. The second-order valence-corrected chi connectivity index (χ2v) is 3.18. The predicted octanol–water partition coefficient (Wildman–Crippen LogP) is 1.80. The molecular formula is C12H10N2O2. The fourth-order valence-corrected chi connectivity index (χ4v) is 1.34. The van der Waals surface area contributed by atoms with Crippen LogP contribution in [0, 0.1) is 22.7 Å². The number of hydrogen-bond acceptors (Lipinski definition) is 4. The number of nitriles is 2. The minimum absolute atomic E-state index is 0.342. The molecule has 0 spiro atoms. The van der Waals surface area contributed by atoms with E-state index in [0.29, 0.717) is 24.0 Å². The van der Waals surface area contributed by atoms with Crippen molar-refractivity contribution >= 4 is 5.97 Å². The molecular weight excluding hydrogens is 204 g/mol. The van der Waals surface area contributed by atoms with Gasteiger partial charge in [0, 0.05) is 6.42 Å². The molecule has 4 nitrogen and oxygen atoms in total. The van der Waals surface area contributed by atoms with Crippen molar-refractivity contribution in [2.24, 2.45) is 0 Å². The van der Waals surface area contributed by atoms with Crippen LogP contribution in [0.15, 0.2) is 18.2 Å². The van der Waals surface area contributed by atoms with Crippen molar-refractivity contribution in [3.05, 3.63) is 34.9 Å². The van der Waals surface area contributed by atoms with Crippen LogP contribution < -0.4 is 0 Å². The van der Waals surface area contributed by atoms with Crippen LogP contribution in [-0.4, -0.2) is 13.1 Å². The second-order valence-electron chi connectivity index (χ2n) is 3.18. The van der Waals surface area contributed by atoms with E-state index in [1.165, 1.54) is 13.2 Å². The molecule has 0 aliphatic heterocycles. The molecule has 0 aliphatic carbocycles. The molecule has 1 rings (SSSR count). The molecule has 0 saturated heterocycles. The number of methoxy groups -OCH3 is 1. The number of carbonyl (C=O) groups is 1. The van der Waals surface area contributed by atoms with Gasteiger partial charge in [-0.15, -0.1) is 0 Å². The zero-order valence-electron chi connectivity index (χ0n) is 8.86. The predicted molar refractivity (Wildman–Crippen MR) is 56.4 cm³/mol. The van der Waals surface area contributed by atoms with Gasteiger partial charge in [-0.05, 0) is 30.2 Å². The van der Waals surface area contributed by atoms with E-state index in [0.717, 1.165) is 5.56 Å². The largest absolute Gasteiger partial charge is 0.465 e. The second kappa shape index (κ2) is 5.53. The lowest BCUT2D eigenvalue weighted by molar-refractivity contribution is 0.0600. The molecule has 0 radical (unpaired) electrons. The molecule has 0 N–H and O–H groups in total. The van der Waals surface area contributed by atoms with Crippen molar-refractivity contribution in [2.75, 3.05) is 7.11 Å². The van der Waals surface area contributed by atoms with Gasteiger partial charge in [-0.3, -0.25) is 0 Å². The van der Waals surface area contributed by atoms with Crippen molar-refractivity contribution < 1.29 is 9.53 Å². The summed E-state index contributed by atoms with van der Waals surface area (Å²) in [4.78, 5) is 11.3. The highest BCUT2D eigenvalue weighted by Gasteiger charge is 2.08. The van der Waals surface area contributed by atoms with Crippen molar-refractivity contribution in [2.45, 2.75) is 12.8 Å².